The van der Waals surface area contributed by atoms with Gasteiger partial charge < -0.3 is 29.7 Å². The number of nitrogens with one attached hydrogen (secondary N) is 1. The minimum absolute atomic E-state index is 0.0306. The number of hydrogen-bond acceptors (Lipinski definition) is 7. The van der Waals surface area contributed by atoms with Gasteiger partial charge in [0.05, 0.1) is 33.5 Å². The first-order chi connectivity index (χ1) is 23.0. The van der Waals surface area contributed by atoms with Crippen molar-refractivity contribution in [1.29, 1.82) is 0 Å². The topological polar surface area (TPSA) is 148 Å². The van der Waals surface area contributed by atoms with Crippen LogP contribution in [0, 0.1) is 17.8 Å². The molecule has 0 radical (unpaired) electrons. The number of Topliss-reactive ketones (excluding diaryl/α,β-unsaturated/α-hetero) is 1. The van der Waals surface area contributed by atoms with E-state index in [1.807, 2.05) is 0 Å². The Labute approximate surface area is 283 Å². The molecule has 14 nitrogen and oxygen atoms in total. The van der Waals surface area contributed by atoms with Crippen molar-refractivity contribution in [1.82, 2.24) is 5.32 Å². The number of fused-ring (bicyclic) bond motifs is 1. The van der Waals surface area contributed by atoms with Gasteiger partial charge in [0, 0.05) is 19.6 Å². The SMILES string of the molecule is C[N+]12CC[N+]3(CC(=O)O)CC[N+]4(CC(=O)O)CC[N+](CC(=O)CCCOCCOCCNC(=O)OCC5[C@H]6CC/C=C/CC[C@@H]56)(CC1)C234. The fraction of sp³-hybridized carbons (Fsp3) is 0.824. The highest BCUT2D eigenvalue weighted by Gasteiger charge is 2.98. The molecule has 8 atom stereocenters. The number of rotatable bonds is 18. The summed E-state index contributed by atoms with van der Waals surface area (Å²) in [5.41, 5.74) is 0. The highest BCUT2D eigenvalue weighted by Crippen LogP contribution is 2.62. The van der Waals surface area contributed by atoms with Crippen molar-refractivity contribution in [3.63, 3.8) is 0 Å². The van der Waals surface area contributed by atoms with Crippen molar-refractivity contribution in [3.8, 4) is 0 Å². The lowest BCUT2D eigenvalue weighted by molar-refractivity contribution is -1.36. The molecule has 268 valence electrons. The summed E-state index contributed by atoms with van der Waals surface area (Å²) in [5, 5.41) is 22.8. The van der Waals surface area contributed by atoms with Gasteiger partial charge in [0.1, 0.15) is 52.4 Å². The zero-order chi connectivity index (χ0) is 34.0. The molecule has 5 fully saturated rings. The molecule has 0 aromatic heterocycles. The smallest absolute Gasteiger partial charge is 0.477 e. The standard InChI is InChI=1S/C34H54N5O9/c1-36-11-13-37(15-16-39(25-32(43)44)18-17-38(14-12-36,24-31(41)42)34(36,37)39)23-27(40)7-6-19-46-21-22-47-20-10-35-33(45)48-26-30-28-8-4-2-3-5-9-29(28)30/h2-3,28-30H,4-26H2,1H3/q+1/p+3/b3-2+/t28-,29+,30?,34?,36?,37?,38?,39?. The summed E-state index contributed by atoms with van der Waals surface area (Å²) >= 11 is 0. The van der Waals surface area contributed by atoms with Crippen molar-refractivity contribution in [2.24, 2.45) is 17.8 Å². The maximum atomic E-state index is 13.6. The summed E-state index contributed by atoms with van der Waals surface area (Å²) in [6, 6.07) is 0. The van der Waals surface area contributed by atoms with E-state index in [2.05, 4.69) is 24.5 Å². The minimum Gasteiger partial charge on any atom is -0.477 e. The quantitative estimate of drug-likeness (QED) is 0.109. The third-order valence-corrected chi connectivity index (χ3v) is 13.0. The number of allylic oxidation sites excluding steroid dienone is 2. The van der Waals surface area contributed by atoms with E-state index in [0.29, 0.717) is 127 Å². The molecule has 14 heteroatoms. The van der Waals surface area contributed by atoms with Crippen molar-refractivity contribution in [2.45, 2.75) is 44.4 Å². The Morgan fingerprint density at radius 3 is 1.83 bits per heavy atom. The molecule has 6 rings (SSSR count). The molecule has 6 unspecified atom stereocenters. The molecule has 1 amide bonds. The second-order valence-electron chi connectivity index (χ2n) is 15.5. The summed E-state index contributed by atoms with van der Waals surface area (Å²) in [7, 11) is 2.18. The number of aliphatic carboxylic acids is 2. The first-order valence-electron chi connectivity index (χ1n) is 18.1. The van der Waals surface area contributed by atoms with Gasteiger partial charge in [0.15, 0.2) is 25.4 Å². The molecule has 6 aliphatic rings. The van der Waals surface area contributed by atoms with Gasteiger partial charge in [-0.05, 0) is 49.9 Å². The van der Waals surface area contributed by atoms with Gasteiger partial charge in [-0.25, -0.2) is 14.4 Å². The van der Waals surface area contributed by atoms with E-state index in [1.165, 1.54) is 12.8 Å². The van der Waals surface area contributed by atoms with E-state index >= 15 is 0 Å². The van der Waals surface area contributed by atoms with Crippen LogP contribution in [-0.2, 0) is 28.6 Å². The molecule has 3 N–H and O–H groups in total. The lowest BCUT2D eigenvalue weighted by Gasteiger charge is -2.49. The van der Waals surface area contributed by atoms with Crippen LogP contribution in [0.3, 0.4) is 0 Å². The first-order valence-corrected chi connectivity index (χ1v) is 18.1. The lowest BCUT2D eigenvalue weighted by Crippen LogP contribution is -2.85. The number of hydrogen-bond donors (Lipinski definition) is 3. The molecule has 48 heavy (non-hydrogen) atoms. The third kappa shape index (κ3) is 6.06. The van der Waals surface area contributed by atoms with E-state index in [0.717, 1.165) is 32.5 Å². The van der Waals surface area contributed by atoms with E-state index in [-0.39, 0.29) is 18.9 Å². The van der Waals surface area contributed by atoms with Crippen LogP contribution in [-0.4, -0.2) is 176 Å². The third-order valence-electron chi connectivity index (χ3n) is 13.0. The minimum atomic E-state index is -0.860. The number of amides is 1. The van der Waals surface area contributed by atoms with E-state index in [4.69, 9.17) is 14.2 Å². The number of carbonyl (C=O) groups is 4. The van der Waals surface area contributed by atoms with Crippen LogP contribution in [0.5, 0.6) is 0 Å². The van der Waals surface area contributed by atoms with Gasteiger partial charge in [0.25, 0.3) is 0 Å². The predicted molar refractivity (Wildman–Crippen MR) is 172 cm³/mol. The van der Waals surface area contributed by atoms with Gasteiger partial charge in [-0.2, -0.15) is 8.97 Å². The number of ketones is 1. The second kappa shape index (κ2) is 13.9. The van der Waals surface area contributed by atoms with Crippen LogP contribution in [0.1, 0.15) is 38.5 Å². The average Bonchev–Trinajstić information content (AvgIpc) is 3.20. The van der Waals surface area contributed by atoms with E-state index < -0.39 is 23.9 Å². The lowest BCUT2D eigenvalue weighted by atomic mass is 10.1. The van der Waals surface area contributed by atoms with Crippen LogP contribution < -0.4 is 5.32 Å². The Morgan fingerprint density at radius 2 is 1.27 bits per heavy atom. The number of carboxylic acids is 2. The monoisotopic (exact) mass is 679 g/mol. The summed E-state index contributed by atoms with van der Waals surface area (Å²) < 4.78 is 18.6. The van der Waals surface area contributed by atoms with Crippen LogP contribution in [0.15, 0.2) is 12.2 Å². The van der Waals surface area contributed by atoms with Gasteiger partial charge in [0.2, 0.25) is 0 Å². The maximum Gasteiger partial charge on any atom is 0.482 e. The fourth-order valence-electron chi connectivity index (χ4n) is 11.4. The Hall–Kier alpha value is -2.62. The zero-order valence-corrected chi connectivity index (χ0v) is 28.7. The molecular weight excluding hydrogens is 622 g/mol. The van der Waals surface area contributed by atoms with Gasteiger partial charge >= 0.3 is 23.9 Å². The van der Waals surface area contributed by atoms with E-state index in [9.17, 15) is 29.4 Å². The second-order valence-corrected chi connectivity index (χ2v) is 15.5. The predicted octanol–water partition coefficient (Wildman–Crippen LogP) is 0.819. The Morgan fingerprint density at radius 1 is 0.750 bits per heavy atom. The van der Waals surface area contributed by atoms with Gasteiger partial charge in [-0.1, -0.05) is 12.2 Å². The van der Waals surface area contributed by atoms with Crippen LogP contribution in [0.4, 0.5) is 4.79 Å². The van der Waals surface area contributed by atoms with Crippen molar-refractivity contribution in [2.75, 3.05) is 119 Å². The van der Waals surface area contributed by atoms with E-state index in [1.54, 1.807) is 0 Å². The number of carbonyl (C=O) groups excluding carboxylic acids is 2. The molecule has 1 spiro atoms. The normalized spacial score (nSPS) is 39.5. The van der Waals surface area contributed by atoms with Crippen molar-refractivity contribution < 1.29 is 61.5 Å². The molecular formula is C34H57N5O9+4. The first kappa shape index (κ1) is 35.2. The Kier molecular flexibility index (Phi) is 10.2. The summed E-state index contributed by atoms with van der Waals surface area (Å²) in [6.07, 6.45) is 9.70. The highest BCUT2D eigenvalue weighted by molar-refractivity contribution is 5.79. The fourth-order valence-corrected chi connectivity index (χ4v) is 11.4. The number of carboxylic acid groups (broad SMARTS) is 2. The molecule has 4 heterocycles. The molecule has 0 aromatic carbocycles. The zero-order valence-electron chi connectivity index (χ0n) is 28.7. The number of quaternary nitrogens is 4. The maximum absolute atomic E-state index is 13.6. The van der Waals surface area contributed by atoms with Crippen LogP contribution in [0.25, 0.3) is 0 Å². The van der Waals surface area contributed by atoms with Crippen molar-refractivity contribution >= 4 is 23.8 Å². The molecule has 0 aromatic rings. The molecule has 0 bridgehead atoms. The number of ether oxygens (including phenoxy) is 3. The average molecular weight is 680 g/mol. The van der Waals surface area contributed by atoms with Crippen LogP contribution >= 0.6 is 0 Å². The number of nitrogens with zero attached hydrogens (tertiary/aromatic N) is 4. The van der Waals surface area contributed by atoms with Crippen molar-refractivity contribution in [3.05, 3.63) is 12.2 Å². The summed E-state index contributed by atoms with van der Waals surface area (Å²) in [5.74, 6) is -0.366. The molecule has 4 saturated heterocycles. The number of alkyl carbamates (subject to hydrolysis) is 1. The van der Waals surface area contributed by atoms with Gasteiger partial charge in [-0.3, -0.25) is 4.79 Å². The largest absolute Gasteiger partial charge is 0.482 e. The Bertz CT molecular complexity index is 1240. The Balaban J connectivity index is 0.891. The summed E-state index contributed by atoms with van der Waals surface area (Å²) in [6.45, 7) is 8.40. The summed E-state index contributed by atoms with van der Waals surface area (Å²) in [4.78, 5) is 50.1. The number of likely N-dealkylation sites (N-methyl/N-ethyl adjacent to an activating group) is 1. The highest BCUT2D eigenvalue weighted by atomic mass is 16.6. The van der Waals surface area contributed by atoms with Gasteiger partial charge in [-0.15, -0.1) is 8.97 Å². The molecule has 1 saturated carbocycles. The van der Waals surface area contributed by atoms with Crippen LogP contribution in [0.2, 0.25) is 0 Å². The molecule has 4 aliphatic heterocycles. The molecule has 2 aliphatic carbocycles.